The highest BCUT2D eigenvalue weighted by atomic mass is 79.9. The van der Waals surface area contributed by atoms with Crippen LogP contribution in [0.1, 0.15) is 18.2 Å². The van der Waals surface area contributed by atoms with Crippen LogP contribution < -0.4 is 14.9 Å². The third kappa shape index (κ3) is 5.19. The summed E-state index contributed by atoms with van der Waals surface area (Å²) in [7, 11) is 0. The summed E-state index contributed by atoms with van der Waals surface area (Å²) in [5, 5.41) is 15.8. The van der Waals surface area contributed by atoms with Gasteiger partial charge in [-0.3, -0.25) is 5.43 Å². The molecule has 1 aromatic carbocycles. The molecule has 23 heavy (non-hydrogen) atoms. The summed E-state index contributed by atoms with van der Waals surface area (Å²) in [4.78, 5) is 4.27. The first-order valence-corrected chi connectivity index (χ1v) is 8.72. The summed E-state index contributed by atoms with van der Waals surface area (Å²) in [5.41, 5.74) is 4.69. The lowest BCUT2D eigenvalue weighted by molar-refractivity contribution is 0.194. The Kier molecular flexibility index (Phi) is 6.82. The summed E-state index contributed by atoms with van der Waals surface area (Å²) in [5.74, 6) is 1.18. The second-order valence-electron chi connectivity index (χ2n) is 4.49. The summed E-state index contributed by atoms with van der Waals surface area (Å²) in [6.07, 6.45) is 1.68. The van der Waals surface area contributed by atoms with E-state index in [1.807, 2.05) is 25.3 Å². The molecule has 0 aliphatic heterocycles. The van der Waals surface area contributed by atoms with Gasteiger partial charge in [-0.2, -0.15) is 5.10 Å². The number of aliphatic hydroxyl groups is 1. The molecule has 6 nitrogen and oxygen atoms in total. The van der Waals surface area contributed by atoms with Crippen LogP contribution in [0.3, 0.4) is 0 Å². The highest BCUT2D eigenvalue weighted by molar-refractivity contribution is 9.10. The molecule has 0 atom stereocenters. The number of ether oxygens (including phenoxy) is 2. The fourth-order valence-electron chi connectivity index (χ4n) is 1.75. The Morgan fingerprint density at radius 2 is 2.17 bits per heavy atom. The third-order valence-electron chi connectivity index (χ3n) is 2.69. The van der Waals surface area contributed by atoms with Gasteiger partial charge in [-0.1, -0.05) is 0 Å². The zero-order chi connectivity index (χ0) is 16.7. The van der Waals surface area contributed by atoms with Crippen molar-refractivity contribution in [3.05, 3.63) is 33.2 Å². The number of hydrazone groups is 1. The van der Waals surface area contributed by atoms with E-state index in [2.05, 4.69) is 31.4 Å². The van der Waals surface area contributed by atoms with Gasteiger partial charge in [0.05, 0.1) is 25.1 Å². The standard InChI is InChI=1S/C15H18BrN3O3S/c1-3-21-13-6-11(12(16)7-14(13)22-5-4-20)8-17-19-15-18-10(2)9-23-15/h6-9,20H,3-5H2,1-2H3,(H,18,19). The van der Waals surface area contributed by atoms with Gasteiger partial charge in [0.2, 0.25) is 5.13 Å². The average molecular weight is 400 g/mol. The predicted molar refractivity (Wildman–Crippen MR) is 96.0 cm³/mol. The molecule has 0 fully saturated rings. The second-order valence-corrected chi connectivity index (χ2v) is 6.20. The van der Waals surface area contributed by atoms with Crippen molar-refractivity contribution in [1.82, 2.24) is 4.98 Å². The van der Waals surface area contributed by atoms with E-state index in [9.17, 15) is 0 Å². The molecular weight excluding hydrogens is 382 g/mol. The maximum absolute atomic E-state index is 8.89. The van der Waals surface area contributed by atoms with Gasteiger partial charge in [0.15, 0.2) is 11.5 Å². The number of nitrogens with one attached hydrogen (secondary N) is 1. The van der Waals surface area contributed by atoms with Crippen LogP contribution in [0.5, 0.6) is 11.5 Å². The first-order valence-electron chi connectivity index (χ1n) is 7.05. The molecule has 8 heteroatoms. The lowest BCUT2D eigenvalue weighted by Crippen LogP contribution is -2.05. The maximum Gasteiger partial charge on any atom is 0.203 e. The normalized spacial score (nSPS) is 11.0. The molecule has 0 spiro atoms. The van der Waals surface area contributed by atoms with E-state index >= 15 is 0 Å². The Morgan fingerprint density at radius 3 is 2.83 bits per heavy atom. The van der Waals surface area contributed by atoms with Crippen LogP contribution in [0.25, 0.3) is 0 Å². The molecule has 2 aromatic rings. The molecule has 0 unspecified atom stereocenters. The third-order valence-corrected chi connectivity index (χ3v) is 4.25. The van der Waals surface area contributed by atoms with E-state index < -0.39 is 0 Å². The van der Waals surface area contributed by atoms with Crippen molar-refractivity contribution in [2.24, 2.45) is 5.10 Å². The van der Waals surface area contributed by atoms with E-state index in [-0.39, 0.29) is 13.2 Å². The topological polar surface area (TPSA) is 76.0 Å². The van der Waals surface area contributed by atoms with Crippen molar-refractivity contribution in [2.75, 3.05) is 25.2 Å². The lowest BCUT2D eigenvalue weighted by Gasteiger charge is -2.13. The number of nitrogens with zero attached hydrogens (tertiary/aromatic N) is 2. The van der Waals surface area contributed by atoms with Crippen LogP contribution in [0.15, 0.2) is 27.1 Å². The Hall–Kier alpha value is -1.64. The van der Waals surface area contributed by atoms with Gasteiger partial charge in [-0.25, -0.2) is 4.98 Å². The first-order chi connectivity index (χ1) is 11.1. The van der Waals surface area contributed by atoms with Crippen molar-refractivity contribution in [1.29, 1.82) is 0 Å². The molecule has 0 aliphatic rings. The molecule has 1 heterocycles. The Labute approximate surface area is 147 Å². The zero-order valence-corrected chi connectivity index (χ0v) is 15.3. The van der Waals surface area contributed by atoms with Gasteiger partial charge in [-0.15, -0.1) is 11.3 Å². The zero-order valence-electron chi connectivity index (χ0n) is 12.9. The minimum atomic E-state index is -0.0520. The first kappa shape index (κ1) is 17.7. The molecule has 0 saturated carbocycles. The number of halogens is 1. The predicted octanol–water partition coefficient (Wildman–Crippen LogP) is 3.43. The molecule has 124 valence electrons. The van der Waals surface area contributed by atoms with E-state index in [1.165, 1.54) is 11.3 Å². The van der Waals surface area contributed by atoms with E-state index in [0.29, 0.717) is 18.1 Å². The Balaban J connectivity index is 2.15. The molecule has 0 saturated heterocycles. The highest BCUT2D eigenvalue weighted by Gasteiger charge is 2.10. The minimum Gasteiger partial charge on any atom is -0.490 e. The van der Waals surface area contributed by atoms with Crippen LogP contribution >= 0.6 is 27.3 Å². The van der Waals surface area contributed by atoms with Crippen LogP contribution in [0.2, 0.25) is 0 Å². The van der Waals surface area contributed by atoms with Crippen molar-refractivity contribution in [3.63, 3.8) is 0 Å². The van der Waals surface area contributed by atoms with Gasteiger partial charge in [-0.05, 0) is 41.9 Å². The van der Waals surface area contributed by atoms with Crippen molar-refractivity contribution >= 4 is 38.6 Å². The van der Waals surface area contributed by atoms with Crippen molar-refractivity contribution in [2.45, 2.75) is 13.8 Å². The highest BCUT2D eigenvalue weighted by Crippen LogP contribution is 2.33. The van der Waals surface area contributed by atoms with Crippen LogP contribution in [-0.4, -0.2) is 36.1 Å². The number of benzene rings is 1. The minimum absolute atomic E-state index is 0.0520. The smallest absolute Gasteiger partial charge is 0.203 e. The number of thiazole rings is 1. The molecule has 2 rings (SSSR count). The van der Waals surface area contributed by atoms with E-state index in [4.69, 9.17) is 14.6 Å². The van der Waals surface area contributed by atoms with Crippen LogP contribution in [0.4, 0.5) is 5.13 Å². The largest absolute Gasteiger partial charge is 0.490 e. The summed E-state index contributed by atoms with van der Waals surface area (Å²) in [6, 6.07) is 3.63. The number of hydrogen-bond donors (Lipinski definition) is 2. The number of hydrogen-bond acceptors (Lipinski definition) is 7. The number of anilines is 1. The van der Waals surface area contributed by atoms with Gasteiger partial charge >= 0.3 is 0 Å². The monoisotopic (exact) mass is 399 g/mol. The lowest BCUT2D eigenvalue weighted by atomic mass is 10.2. The molecule has 2 N–H and O–H groups in total. The molecule has 0 aliphatic carbocycles. The van der Waals surface area contributed by atoms with E-state index in [0.717, 1.165) is 20.9 Å². The van der Waals surface area contributed by atoms with Crippen molar-refractivity contribution in [3.8, 4) is 11.5 Å². The second kappa shape index (κ2) is 8.85. The van der Waals surface area contributed by atoms with Gasteiger partial charge in [0.1, 0.15) is 6.61 Å². The van der Waals surface area contributed by atoms with Gasteiger partial charge in [0, 0.05) is 15.4 Å². The van der Waals surface area contributed by atoms with Crippen LogP contribution in [-0.2, 0) is 0 Å². The molecule has 0 radical (unpaired) electrons. The van der Waals surface area contributed by atoms with Gasteiger partial charge < -0.3 is 14.6 Å². The summed E-state index contributed by atoms with van der Waals surface area (Å²) in [6.45, 7) is 4.51. The number of aryl methyl sites for hydroxylation is 1. The Morgan fingerprint density at radius 1 is 1.39 bits per heavy atom. The average Bonchev–Trinajstić information content (AvgIpc) is 2.94. The fourth-order valence-corrected chi connectivity index (χ4v) is 2.81. The van der Waals surface area contributed by atoms with Crippen molar-refractivity contribution < 1.29 is 14.6 Å². The number of aliphatic hydroxyl groups excluding tert-OH is 1. The molecule has 1 aromatic heterocycles. The van der Waals surface area contributed by atoms with Gasteiger partial charge in [0.25, 0.3) is 0 Å². The molecule has 0 bridgehead atoms. The molecular formula is C15H18BrN3O3S. The fraction of sp³-hybridized carbons (Fsp3) is 0.333. The molecule has 0 amide bonds. The SMILES string of the molecule is CCOc1cc(C=NNc2nc(C)cs2)c(Br)cc1OCCO. The van der Waals surface area contributed by atoms with Crippen LogP contribution in [0, 0.1) is 6.92 Å². The number of rotatable bonds is 8. The summed E-state index contributed by atoms with van der Waals surface area (Å²) >= 11 is 4.98. The van der Waals surface area contributed by atoms with E-state index in [1.54, 1.807) is 12.3 Å². The number of aromatic nitrogens is 1. The maximum atomic E-state index is 8.89. The summed E-state index contributed by atoms with van der Waals surface area (Å²) < 4.78 is 11.9. The Bertz CT molecular complexity index is 676. The quantitative estimate of drug-likeness (QED) is 0.525.